The second kappa shape index (κ2) is 9.45. The van der Waals surface area contributed by atoms with Crippen LogP contribution in [-0.4, -0.2) is 36.2 Å². The minimum atomic E-state index is 0.104. The van der Waals surface area contributed by atoms with Crippen LogP contribution in [0.2, 0.25) is 0 Å². The van der Waals surface area contributed by atoms with Gasteiger partial charge in [-0.1, -0.05) is 19.9 Å². The molecule has 2 unspecified atom stereocenters. The summed E-state index contributed by atoms with van der Waals surface area (Å²) in [5, 5.41) is 3.54. The van der Waals surface area contributed by atoms with Crippen LogP contribution in [0.3, 0.4) is 0 Å². The number of hydrogen-bond donors (Lipinski definition) is 1. The Morgan fingerprint density at radius 2 is 2.00 bits per heavy atom. The van der Waals surface area contributed by atoms with E-state index in [-0.39, 0.29) is 11.8 Å². The molecule has 35 heavy (non-hydrogen) atoms. The maximum Gasteiger partial charge on any atom is 0.230 e. The molecule has 1 aromatic carbocycles. The molecule has 6 heteroatoms. The van der Waals surface area contributed by atoms with E-state index in [9.17, 15) is 4.79 Å². The zero-order valence-corrected chi connectivity index (χ0v) is 21.1. The highest BCUT2D eigenvalue weighted by Gasteiger charge is 2.36. The normalized spacial score (nSPS) is 27.7. The van der Waals surface area contributed by atoms with Crippen LogP contribution in [0.4, 0.5) is 22.9 Å². The number of pyridine rings is 1. The summed E-state index contributed by atoms with van der Waals surface area (Å²) < 4.78 is 5.95. The molecule has 7 rings (SSSR count). The van der Waals surface area contributed by atoms with Gasteiger partial charge in [0.2, 0.25) is 5.91 Å². The van der Waals surface area contributed by atoms with Crippen molar-refractivity contribution in [2.75, 3.05) is 28.3 Å². The minimum absolute atomic E-state index is 0.104. The number of carbonyl (C=O) groups is 1. The number of ether oxygens (including phenoxy) is 1. The summed E-state index contributed by atoms with van der Waals surface area (Å²) in [6.45, 7) is 6.92. The molecule has 0 radical (unpaired) electrons. The van der Waals surface area contributed by atoms with Gasteiger partial charge in [0.15, 0.2) is 0 Å². The molecule has 4 fully saturated rings. The molecule has 0 spiro atoms. The number of anilines is 4. The quantitative estimate of drug-likeness (QED) is 0.599. The molecule has 3 saturated heterocycles. The molecule has 4 aliphatic heterocycles. The number of benzene rings is 1. The summed E-state index contributed by atoms with van der Waals surface area (Å²) in [4.78, 5) is 23.2. The van der Waals surface area contributed by atoms with Crippen LogP contribution >= 0.6 is 0 Å². The van der Waals surface area contributed by atoms with Crippen LogP contribution in [0.1, 0.15) is 64.4 Å². The number of hydrogen-bond acceptors (Lipinski definition) is 5. The fraction of sp³-hybridized carbons (Fsp3) is 0.586. The molecule has 6 nitrogen and oxygen atoms in total. The Hall–Kier alpha value is -2.60. The van der Waals surface area contributed by atoms with Crippen LogP contribution in [0.15, 0.2) is 36.5 Å². The van der Waals surface area contributed by atoms with Crippen molar-refractivity contribution in [2.45, 2.75) is 77.5 Å². The molecule has 1 aliphatic carbocycles. The van der Waals surface area contributed by atoms with Gasteiger partial charge in [-0.25, -0.2) is 4.98 Å². The highest BCUT2D eigenvalue weighted by atomic mass is 16.5. The number of aromatic nitrogens is 1. The van der Waals surface area contributed by atoms with Crippen LogP contribution in [0, 0.1) is 17.8 Å². The SMILES string of the molecule is CC(C)C[C@H]1CC[C@H](C(=O)N2Cc3cccnc3Nc3ccc(N4CC5CCC4CO5)cc32)CC1. The number of amides is 1. The van der Waals surface area contributed by atoms with Gasteiger partial charge in [-0.15, -0.1) is 0 Å². The standard InChI is InChI=1S/C29H38N4O2/c1-19(2)14-20-5-7-21(8-6-20)29(34)33-16-22-4-3-13-30-28(22)31-26-12-10-23(15-27(26)33)32-17-25-11-9-24(32)18-35-25/h3-4,10,12-13,15,19-21,24-25H,5-9,11,14,16-18H2,1-2H3,(H,30,31)/t20-,21-,24?,25?. The zero-order valence-electron chi connectivity index (χ0n) is 21.1. The molecule has 2 aromatic rings. The molecule has 5 heterocycles. The Labute approximate surface area is 209 Å². The molecule has 2 bridgehead atoms. The maximum atomic E-state index is 14.1. The molecule has 1 N–H and O–H groups in total. The van der Waals surface area contributed by atoms with E-state index in [2.05, 4.69) is 53.3 Å². The summed E-state index contributed by atoms with van der Waals surface area (Å²) in [5.74, 6) is 2.72. The van der Waals surface area contributed by atoms with Crippen LogP contribution < -0.4 is 15.1 Å². The molecule has 1 amide bonds. The van der Waals surface area contributed by atoms with E-state index in [0.29, 0.717) is 18.7 Å². The van der Waals surface area contributed by atoms with Crippen LogP contribution in [0.25, 0.3) is 0 Å². The first-order valence-corrected chi connectivity index (χ1v) is 13.6. The topological polar surface area (TPSA) is 57.7 Å². The van der Waals surface area contributed by atoms with Gasteiger partial charge in [-0.05, 0) is 81.0 Å². The average Bonchev–Trinajstić information content (AvgIpc) is 3.05. The lowest BCUT2D eigenvalue weighted by Gasteiger charge is -2.46. The second-order valence-corrected chi connectivity index (χ2v) is 11.4. The van der Waals surface area contributed by atoms with Crippen molar-refractivity contribution >= 4 is 28.8 Å². The van der Waals surface area contributed by atoms with Crippen molar-refractivity contribution in [2.24, 2.45) is 17.8 Å². The summed E-state index contributed by atoms with van der Waals surface area (Å²) in [7, 11) is 0. The van der Waals surface area contributed by atoms with E-state index < -0.39 is 0 Å². The number of nitrogens with zero attached hydrogens (tertiary/aromatic N) is 3. The van der Waals surface area contributed by atoms with Crippen molar-refractivity contribution < 1.29 is 9.53 Å². The Balaban J connectivity index is 1.30. The van der Waals surface area contributed by atoms with Gasteiger partial charge in [0, 0.05) is 29.9 Å². The molecule has 186 valence electrons. The van der Waals surface area contributed by atoms with Crippen molar-refractivity contribution in [1.82, 2.24) is 4.98 Å². The van der Waals surface area contributed by atoms with E-state index in [4.69, 9.17) is 4.74 Å². The van der Waals surface area contributed by atoms with Gasteiger partial charge < -0.3 is 19.9 Å². The third-order valence-corrected chi connectivity index (χ3v) is 8.53. The van der Waals surface area contributed by atoms with Crippen molar-refractivity contribution in [3.8, 4) is 0 Å². The summed E-state index contributed by atoms with van der Waals surface area (Å²) >= 11 is 0. The van der Waals surface area contributed by atoms with Crippen molar-refractivity contribution in [3.63, 3.8) is 0 Å². The van der Waals surface area contributed by atoms with Gasteiger partial charge in [0.1, 0.15) is 5.82 Å². The molecule has 5 aliphatic rings. The Kier molecular flexibility index (Phi) is 6.17. The van der Waals surface area contributed by atoms with E-state index >= 15 is 0 Å². The lowest BCUT2D eigenvalue weighted by Crippen LogP contribution is -2.54. The van der Waals surface area contributed by atoms with Crippen LogP contribution in [-0.2, 0) is 16.1 Å². The number of rotatable bonds is 4. The Morgan fingerprint density at radius 3 is 2.71 bits per heavy atom. The minimum Gasteiger partial charge on any atom is -0.374 e. The van der Waals surface area contributed by atoms with Crippen molar-refractivity contribution in [1.29, 1.82) is 0 Å². The first-order valence-electron chi connectivity index (χ1n) is 13.6. The lowest BCUT2D eigenvalue weighted by molar-refractivity contribution is -0.123. The van der Waals surface area contributed by atoms with Crippen LogP contribution in [0.5, 0.6) is 0 Å². The van der Waals surface area contributed by atoms with E-state index in [0.717, 1.165) is 67.0 Å². The number of carbonyl (C=O) groups excluding carboxylic acids is 1. The van der Waals surface area contributed by atoms with E-state index in [1.165, 1.54) is 31.4 Å². The summed E-state index contributed by atoms with van der Waals surface area (Å²) in [6, 6.07) is 11.0. The van der Waals surface area contributed by atoms with Gasteiger partial charge in [-0.2, -0.15) is 0 Å². The molecular formula is C29H38N4O2. The predicted molar refractivity (Wildman–Crippen MR) is 140 cm³/mol. The number of piperidine rings is 1. The molecule has 1 aromatic heterocycles. The van der Waals surface area contributed by atoms with Gasteiger partial charge in [0.05, 0.1) is 36.7 Å². The van der Waals surface area contributed by atoms with Crippen molar-refractivity contribution in [3.05, 3.63) is 42.1 Å². The molecular weight excluding hydrogens is 436 g/mol. The first kappa shape index (κ1) is 22.8. The maximum absolute atomic E-state index is 14.1. The van der Waals surface area contributed by atoms with Gasteiger partial charge in [-0.3, -0.25) is 4.79 Å². The second-order valence-electron chi connectivity index (χ2n) is 11.4. The van der Waals surface area contributed by atoms with E-state index in [1.807, 2.05) is 17.2 Å². The van der Waals surface area contributed by atoms with Gasteiger partial charge in [0.25, 0.3) is 0 Å². The third-order valence-electron chi connectivity index (χ3n) is 8.53. The Morgan fingerprint density at radius 1 is 1.14 bits per heavy atom. The largest absolute Gasteiger partial charge is 0.374 e. The first-order chi connectivity index (χ1) is 17.0. The smallest absolute Gasteiger partial charge is 0.230 e. The van der Waals surface area contributed by atoms with E-state index in [1.54, 1.807) is 0 Å². The Bertz CT molecular complexity index is 1070. The fourth-order valence-corrected chi connectivity index (χ4v) is 6.68. The fourth-order valence-electron chi connectivity index (χ4n) is 6.68. The third kappa shape index (κ3) is 4.53. The molecule has 1 saturated carbocycles. The number of morpholine rings is 1. The highest BCUT2D eigenvalue weighted by Crippen LogP contribution is 2.42. The predicted octanol–water partition coefficient (Wildman–Crippen LogP) is 5.89. The summed E-state index contributed by atoms with van der Waals surface area (Å²) in [5.41, 5.74) is 4.21. The monoisotopic (exact) mass is 474 g/mol. The zero-order chi connectivity index (χ0) is 23.9. The molecule has 2 atom stereocenters. The van der Waals surface area contributed by atoms with Gasteiger partial charge >= 0.3 is 0 Å². The average molecular weight is 475 g/mol. The number of fused-ring (bicyclic) bond motifs is 5. The number of nitrogens with one attached hydrogen (secondary N) is 1. The lowest BCUT2D eigenvalue weighted by atomic mass is 9.78. The summed E-state index contributed by atoms with van der Waals surface area (Å²) in [6.07, 6.45) is 10.1. The highest BCUT2D eigenvalue weighted by molar-refractivity contribution is 6.00.